The number of nitrogens with one attached hydrogen (secondary N) is 1. The Hall–Kier alpha value is -1.42. The predicted octanol–water partition coefficient (Wildman–Crippen LogP) is 2.63. The lowest BCUT2D eigenvalue weighted by Gasteiger charge is -2.09. The minimum absolute atomic E-state index is 0.0742. The van der Waals surface area contributed by atoms with E-state index in [1.807, 2.05) is 6.92 Å². The quantitative estimate of drug-likeness (QED) is 0.806. The Balaban J connectivity index is 2.55. The van der Waals surface area contributed by atoms with Gasteiger partial charge < -0.3 is 15.2 Å². The van der Waals surface area contributed by atoms with E-state index in [-0.39, 0.29) is 6.42 Å². The normalized spacial score (nSPS) is 9.88. The number of carboxylic acid groups (broad SMARTS) is 1. The van der Waals surface area contributed by atoms with Crippen molar-refractivity contribution in [3.05, 3.63) is 23.2 Å². The average molecular weight is 244 g/mol. The van der Waals surface area contributed by atoms with E-state index in [9.17, 15) is 4.79 Å². The molecule has 0 amide bonds. The second-order valence-electron chi connectivity index (χ2n) is 3.15. The molecule has 1 aromatic rings. The number of anilines is 1. The zero-order chi connectivity index (χ0) is 12.0. The molecule has 0 heterocycles. The van der Waals surface area contributed by atoms with Gasteiger partial charge in [-0.05, 0) is 25.1 Å². The van der Waals surface area contributed by atoms with Crippen molar-refractivity contribution in [2.24, 2.45) is 0 Å². The zero-order valence-electron chi connectivity index (χ0n) is 9.00. The van der Waals surface area contributed by atoms with Crippen molar-refractivity contribution in [1.82, 2.24) is 0 Å². The highest BCUT2D eigenvalue weighted by atomic mass is 35.5. The number of carboxylic acids is 1. The van der Waals surface area contributed by atoms with Crippen molar-refractivity contribution >= 4 is 23.3 Å². The van der Waals surface area contributed by atoms with Crippen molar-refractivity contribution in [2.75, 3.05) is 18.5 Å². The molecule has 1 rings (SSSR count). The van der Waals surface area contributed by atoms with Crippen LogP contribution in [0.25, 0.3) is 0 Å². The first-order valence-corrected chi connectivity index (χ1v) is 5.39. The van der Waals surface area contributed by atoms with E-state index < -0.39 is 5.97 Å². The van der Waals surface area contributed by atoms with Crippen LogP contribution < -0.4 is 10.1 Å². The molecular formula is C11H14ClNO3. The van der Waals surface area contributed by atoms with E-state index in [0.717, 1.165) is 5.69 Å². The van der Waals surface area contributed by atoms with E-state index in [4.69, 9.17) is 21.4 Å². The Labute approximate surface area is 99.2 Å². The van der Waals surface area contributed by atoms with E-state index in [2.05, 4.69) is 5.32 Å². The molecule has 0 saturated heterocycles. The Morgan fingerprint density at radius 1 is 1.56 bits per heavy atom. The molecule has 0 aliphatic heterocycles. The second-order valence-corrected chi connectivity index (χ2v) is 3.56. The molecule has 0 radical (unpaired) electrons. The van der Waals surface area contributed by atoms with E-state index in [1.54, 1.807) is 18.2 Å². The van der Waals surface area contributed by atoms with Gasteiger partial charge in [-0.15, -0.1) is 0 Å². The number of aliphatic carboxylic acids is 1. The zero-order valence-corrected chi connectivity index (χ0v) is 9.75. The molecule has 88 valence electrons. The fourth-order valence-electron chi connectivity index (χ4n) is 1.20. The van der Waals surface area contributed by atoms with Crippen molar-refractivity contribution < 1.29 is 14.6 Å². The van der Waals surface area contributed by atoms with Gasteiger partial charge in [0, 0.05) is 12.2 Å². The summed E-state index contributed by atoms with van der Waals surface area (Å²) in [6, 6.07) is 5.28. The van der Waals surface area contributed by atoms with Crippen molar-refractivity contribution in [3.63, 3.8) is 0 Å². The van der Waals surface area contributed by atoms with Gasteiger partial charge in [-0.2, -0.15) is 0 Å². The molecule has 0 saturated carbocycles. The molecule has 0 aromatic heterocycles. The fraction of sp³-hybridized carbons (Fsp3) is 0.364. The molecule has 16 heavy (non-hydrogen) atoms. The van der Waals surface area contributed by atoms with Gasteiger partial charge in [-0.1, -0.05) is 11.6 Å². The molecule has 0 fully saturated rings. The van der Waals surface area contributed by atoms with Crippen molar-refractivity contribution in [2.45, 2.75) is 13.3 Å². The van der Waals surface area contributed by atoms with Crippen LogP contribution in [0.1, 0.15) is 13.3 Å². The van der Waals surface area contributed by atoms with Gasteiger partial charge in [0.25, 0.3) is 0 Å². The third-order valence-electron chi connectivity index (χ3n) is 1.90. The molecule has 2 N–H and O–H groups in total. The lowest BCUT2D eigenvalue weighted by Crippen LogP contribution is -2.07. The summed E-state index contributed by atoms with van der Waals surface area (Å²) < 4.78 is 5.28. The summed E-state index contributed by atoms with van der Waals surface area (Å²) in [6.07, 6.45) is 0.0742. The van der Waals surface area contributed by atoms with Crippen LogP contribution in [0.15, 0.2) is 18.2 Å². The number of hydrogen-bond acceptors (Lipinski definition) is 3. The SMILES string of the molecule is CCOc1ccc(NCCC(=O)O)cc1Cl. The monoisotopic (exact) mass is 243 g/mol. The summed E-state index contributed by atoms with van der Waals surface area (Å²) in [6.45, 7) is 2.82. The molecule has 4 nitrogen and oxygen atoms in total. The first-order valence-electron chi connectivity index (χ1n) is 5.01. The molecule has 0 aliphatic carbocycles. The highest BCUT2D eigenvalue weighted by Crippen LogP contribution is 2.27. The Bertz CT molecular complexity index is 368. The van der Waals surface area contributed by atoms with Crippen LogP contribution in [0, 0.1) is 0 Å². The van der Waals surface area contributed by atoms with Crippen LogP contribution in [0.5, 0.6) is 5.75 Å². The van der Waals surface area contributed by atoms with E-state index >= 15 is 0 Å². The molecule has 0 unspecified atom stereocenters. The Kier molecular flexibility index (Phi) is 4.92. The number of halogens is 1. The first kappa shape index (κ1) is 12.6. The van der Waals surface area contributed by atoms with Gasteiger partial charge in [0.15, 0.2) is 0 Å². The lowest BCUT2D eigenvalue weighted by molar-refractivity contribution is -0.136. The number of carbonyl (C=O) groups is 1. The lowest BCUT2D eigenvalue weighted by atomic mass is 10.3. The summed E-state index contributed by atoms with van der Waals surface area (Å²) >= 11 is 5.97. The smallest absolute Gasteiger partial charge is 0.305 e. The molecule has 0 spiro atoms. The average Bonchev–Trinajstić information content (AvgIpc) is 2.21. The minimum Gasteiger partial charge on any atom is -0.492 e. The third-order valence-corrected chi connectivity index (χ3v) is 2.20. The summed E-state index contributed by atoms with van der Waals surface area (Å²) in [5.74, 6) is -0.197. The molecule has 0 bridgehead atoms. The van der Waals surface area contributed by atoms with Gasteiger partial charge in [0.1, 0.15) is 5.75 Å². The molecule has 5 heteroatoms. The molecule has 1 aromatic carbocycles. The van der Waals surface area contributed by atoms with Crippen LogP contribution in [0.2, 0.25) is 5.02 Å². The maximum absolute atomic E-state index is 10.3. The van der Waals surface area contributed by atoms with Gasteiger partial charge in [0.2, 0.25) is 0 Å². The van der Waals surface area contributed by atoms with Crippen LogP contribution in [0.3, 0.4) is 0 Å². The number of hydrogen-bond donors (Lipinski definition) is 2. The van der Waals surface area contributed by atoms with Crippen LogP contribution >= 0.6 is 11.6 Å². The fourth-order valence-corrected chi connectivity index (χ4v) is 1.43. The summed E-state index contributed by atoms with van der Waals surface area (Å²) in [5, 5.41) is 12.0. The van der Waals surface area contributed by atoms with Crippen molar-refractivity contribution in [1.29, 1.82) is 0 Å². The highest BCUT2D eigenvalue weighted by Gasteiger charge is 2.02. The van der Waals surface area contributed by atoms with E-state index in [0.29, 0.717) is 23.9 Å². The summed E-state index contributed by atoms with van der Waals surface area (Å²) in [7, 11) is 0. The van der Waals surface area contributed by atoms with Crippen molar-refractivity contribution in [3.8, 4) is 5.75 Å². The van der Waals surface area contributed by atoms with Gasteiger partial charge in [0.05, 0.1) is 18.1 Å². The Morgan fingerprint density at radius 2 is 2.31 bits per heavy atom. The third kappa shape index (κ3) is 3.98. The first-order chi connectivity index (χ1) is 7.63. The highest BCUT2D eigenvalue weighted by molar-refractivity contribution is 6.32. The summed E-state index contributed by atoms with van der Waals surface area (Å²) in [5.41, 5.74) is 0.787. The van der Waals surface area contributed by atoms with Gasteiger partial charge in [-0.25, -0.2) is 0 Å². The summed E-state index contributed by atoms with van der Waals surface area (Å²) in [4.78, 5) is 10.3. The standard InChI is InChI=1S/C11H14ClNO3/c1-2-16-10-4-3-8(7-9(10)12)13-6-5-11(14)15/h3-4,7,13H,2,5-6H2,1H3,(H,14,15). The maximum Gasteiger partial charge on any atom is 0.305 e. The van der Waals surface area contributed by atoms with Crippen LogP contribution in [-0.2, 0) is 4.79 Å². The Morgan fingerprint density at radius 3 is 2.88 bits per heavy atom. The topological polar surface area (TPSA) is 58.6 Å². The van der Waals surface area contributed by atoms with Crippen LogP contribution in [0.4, 0.5) is 5.69 Å². The second kappa shape index (κ2) is 6.23. The molecular weight excluding hydrogens is 230 g/mol. The van der Waals surface area contributed by atoms with Gasteiger partial charge >= 0.3 is 5.97 Å². The number of ether oxygens (including phenoxy) is 1. The van der Waals surface area contributed by atoms with E-state index in [1.165, 1.54) is 0 Å². The maximum atomic E-state index is 10.3. The minimum atomic E-state index is -0.829. The molecule has 0 atom stereocenters. The number of rotatable bonds is 6. The van der Waals surface area contributed by atoms with Gasteiger partial charge in [-0.3, -0.25) is 4.79 Å². The van der Waals surface area contributed by atoms with Crippen LogP contribution in [-0.4, -0.2) is 24.2 Å². The predicted molar refractivity (Wildman–Crippen MR) is 63.4 cm³/mol. The molecule has 0 aliphatic rings. The number of benzene rings is 1. The largest absolute Gasteiger partial charge is 0.492 e.